The summed E-state index contributed by atoms with van der Waals surface area (Å²) < 4.78 is 14.1. The minimum Gasteiger partial charge on any atom is -0.456 e. The van der Waals surface area contributed by atoms with Gasteiger partial charge in [0.2, 0.25) is 0 Å². The monoisotopic (exact) mass is 634 g/mol. The number of anilines is 3. The second kappa shape index (κ2) is 10.7. The predicted octanol–water partition coefficient (Wildman–Crippen LogP) is 12.9. The maximum absolute atomic E-state index is 6.60. The van der Waals surface area contributed by atoms with Crippen LogP contribution in [0.1, 0.15) is 0 Å². The van der Waals surface area contributed by atoms with E-state index in [-0.39, 0.29) is 0 Å². The highest BCUT2D eigenvalue weighted by Gasteiger charge is 2.26. The maximum atomic E-state index is 6.60. The molecule has 48 heavy (non-hydrogen) atoms. The van der Waals surface area contributed by atoms with Gasteiger partial charge in [-0.15, -0.1) is 11.3 Å². The fourth-order valence-corrected chi connectivity index (χ4v) is 8.07. The molecule has 0 bridgehead atoms. The summed E-state index contributed by atoms with van der Waals surface area (Å²) in [5, 5.41) is 5.34. The number of fused-ring (bicyclic) bond motifs is 8. The van der Waals surface area contributed by atoms with Crippen molar-refractivity contribution in [3.63, 3.8) is 0 Å². The highest BCUT2D eigenvalue weighted by Crippen LogP contribution is 2.49. The van der Waals surface area contributed by atoms with E-state index in [0.717, 1.165) is 92.9 Å². The Balaban J connectivity index is 1.32. The lowest BCUT2D eigenvalue weighted by atomic mass is 10.0. The van der Waals surface area contributed by atoms with Gasteiger partial charge in [0.15, 0.2) is 0 Å². The molecule has 0 radical (unpaired) electrons. The summed E-state index contributed by atoms with van der Waals surface area (Å²) in [6.45, 7) is 0. The van der Waals surface area contributed by atoms with Gasteiger partial charge in [-0.1, -0.05) is 115 Å². The van der Waals surface area contributed by atoms with Crippen LogP contribution in [0.15, 0.2) is 167 Å². The second-order valence-electron chi connectivity index (χ2n) is 11.9. The van der Waals surface area contributed by atoms with Crippen LogP contribution in [-0.4, -0.2) is 4.98 Å². The average molecular weight is 635 g/mol. The van der Waals surface area contributed by atoms with Crippen molar-refractivity contribution in [3.05, 3.63) is 158 Å². The van der Waals surface area contributed by atoms with Crippen LogP contribution in [0, 0.1) is 0 Å². The minimum absolute atomic E-state index is 0.828. The van der Waals surface area contributed by atoms with E-state index in [0.29, 0.717) is 0 Å². The first-order chi connectivity index (χ1) is 23.8. The lowest BCUT2D eigenvalue weighted by Gasteiger charge is -2.28. The molecule has 7 aromatic carbocycles. The zero-order chi connectivity index (χ0) is 31.6. The predicted molar refractivity (Wildman–Crippen MR) is 200 cm³/mol. The largest absolute Gasteiger partial charge is 0.456 e. The van der Waals surface area contributed by atoms with Crippen LogP contribution in [0.3, 0.4) is 0 Å². The van der Waals surface area contributed by atoms with Gasteiger partial charge in [-0.2, -0.15) is 0 Å². The first-order valence-corrected chi connectivity index (χ1v) is 16.8. The van der Waals surface area contributed by atoms with Crippen molar-refractivity contribution in [2.45, 2.75) is 0 Å². The van der Waals surface area contributed by atoms with E-state index in [1.54, 1.807) is 11.3 Å². The number of aromatic nitrogens is 1. The van der Waals surface area contributed by atoms with Crippen LogP contribution >= 0.6 is 11.3 Å². The van der Waals surface area contributed by atoms with Crippen LogP contribution < -0.4 is 4.90 Å². The molecule has 226 valence electrons. The number of hydrogen-bond acceptors (Lipinski definition) is 5. The summed E-state index contributed by atoms with van der Waals surface area (Å²) in [5.41, 5.74) is 10.6. The van der Waals surface area contributed by atoms with Crippen molar-refractivity contribution in [2.24, 2.45) is 0 Å². The molecule has 0 unspecified atom stereocenters. The number of thiazole rings is 1. The molecule has 0 aliphatic rings. The van der Waals surface area contributed by atoms with Crippen LogP contribution in [0.25, 0.3) is 75.8 Å². The maximum Gasteiger partial charge on any atom is 0.139 e. The Morgan fingerprint density at radius 2 is 1.10 bits per heavy atom. The highest BCUT2D eigenvalue weighted by molar-refractivity contribution is 7.22. The van der Waals surface area contributed by atoms with Gasteiger partial charge < -0.3 is 13.7 Å². The third kappa shape index (κ3) is 4.18. The molecule has 0 fully saturated rings. The molecule has 0 saturated carbocycles. The molecule has 0 spiro atoms. The molecule has 0 atom stereocenters. The summed E-state index contributed by atoms with van der Waals surface area (Å²) >= 11 is 1.71. The van der Waals surface area contributed by atoms with E-state index >= 15 is 0 Å². The smallest absolute Gasteiger partial charge is 0.139 e. The Labute approximate surface area is 279 Å². The molecule has 0 aliphatic carbocycles. The van der Waals surface area contributed by atoms with E-state index in [9.17, 15) is 0 Å². The molecular formula is C43H26N2O2S. The third-order valence-corrected chi connectivity index (χ3v) is 10.2. The van der Waals surface area contributed by atoms with Crippen molar-refractivity contribution in [1.29, 1.82) is 0 Å². The number of para-hydroxylation sites is 3. The first kappa shape index (κ1) is 27.0. The molecular weight excluding hydrogens is 609 g/mol. The van der Waals surface area contributed by atoms with Gasteiger partial charge in [0, 0.05) is 50.5 Å². The Hall–Kier alpha value is -6.17. The lowest BCUT2D eigenvalue weighted by molar-refractivity contribution is 0.669. The fraction of sp³-hybridized carbons (Fsp3) is 0. The number of hydrogen-bond donors (Lipinski definition) is 0. The number of nitrogens with zero attached hydrogens (tertiary/aromatic N) is 2. The van der Waals surface area contributed by atoms with Gasteiger partial charge in [0.05, 0.1) is 16.1 Å². The lowest BCUT2D eigenvalue weighted by Crippen LogP contribution is -2.12. The van der Waals surface area contributed by atoms with Crippen molar-refractivity contribution < 1.29 is 8.83 Å². The molecule has 0 saturated heterocycles. The normalized spacial score (nSPS) is 11.8. The topological polar surface area (TPSA) is 42.4 Å². The molecule has 10 rings (SSSR count). The van der Waals surface area contributed by atoms with Crippen LogP contribution in [0.2, 0.25) is 0 Å². The molecule has 0 aliphatic heterocycles. The number of furan rings is 2. The van der Waals surface area contributed by atoms with Crippen molar-refractivity contribution in [2.75, 3.05) is 4.90 Å². The van der Waals surface area contributed by atoms with Crippen LogP contribution in [0.5, 0.6) is 0 Å². The second-order valence-corrected chi connectivity index (χ2v) is 12.9. The molecule has 10 aromatic rings. The van der Waals surface area contributed by atoms with E-state index in [1.807, 2.05) is 30.3 Å². The third-order valence-electron chi connectivity index (χ3n) is 9.10. The number of rotatable bonds is 5. The molecule has 3 aromatic heterocycles. The summed E-state index contributed by atoms with van der Waals surface area (Å²) in [6.07, 6.45) is 0. The average Bonchev–Trinajstić information content (AvgIpc) is 3.86. The van der Waals surface area contributed by atoms with Gasteiger partial charge in [-0.05, 0) is 35.9 Å². The highest BCUT2D eigenvalue weighted by atomic mass is 32.1. The van der Waals surface area contributed by atoms with E-state index < -0.39 is 0 Å². The summed E-state index contributed by atoms with van der Waals surface area (Å²) in [6, 6.07) is 54.7. The van der Waals surface area contributed by atoms with E-state index in [4.69, 9.17) is 13.8 Å². The van der Waals surface area contributed by atoms with Gasteiger partial charge in [-0.3, -0.25) is 0 Å². The first-order valence-electron chi connectivity index (χ1n) is 16.0. The molecule has 3 heterocycles. The quantitative estimate of drug-likeness (QED) is 0.189. The number of benzene rings is 7. The van der Waals surface area contributed by atoms with Gasteiger partial charge >= 0.3 is 0 Å². The van der Waals surface area contributed by atoms with Crippen molar-refractivity contribution in [1.82, 2.24) is 4.98 Å². The van der Waals surface area contributed by atoms with Crippen LogP contribution in [0.4, 0.5) is 17.1 Å². The SMILES string of the molecule is c1ccc(-c2nc3c(N(c4ccc5c(c4)oc4ccccc45)c4ccccc4-c4ccccc4)cc4oc5ccccc5c4c3s2)cc1. The fourth-order valence-electron chi connectivity index (χ4n) is 6.92. The van der Waals surface area contributed by atoms with E-state index in [2.05, 4.69) is 132 Å². The van der Waals surface area contributed by atoms with Crippen LogP contribution in [-0.2, 0) is 0 Å². The zero-order valence-corrected chi connectivity index (χ0v) is 26.4. The summed E-state index contributed by atoms with van der Waals surface area (Å²) in [5.74, 6) is 0. The Kier molecular flexibility index (Phi) is 6.01. The van der Waals surface area contributed by atoms with Gasteiger partial charge in [0.25, 0.3) is 0 Å². The minimum atomic E-state index is 0.828. The van der Waals surface area contributed by atoms with Gasteiger partial charge in [0.1, 0.15) is 32.9 Å². The Morgan fingerprint density at radius 1 is 0.479 bits per heavy atom. The molecule has 0 amide bonds. The summed E-state index contributed by atoms with van der Waals surface area (Å²) in [7, 11) is 0. The van der Waals surface area contributed by atoms with Crippen molar-refractivity contribution in [3.8, 4) is 21.7 Å². The Morgan fingerprint density at radius 3 is 1.92 bits per heavy atom. The van der Waals surface area contributed by atoms with Gasteiger partial charge in [-0.25, -0.2) is 4.98 Å². The molecule has 4 nitrogen and oxygen atoms in total. The molecule has 0 N–H and O–H groups in total. The standard InChI is InChI=1S/C43H26N2O2S/c1-3-13-27(14-4-1)30-17-7-10-20-34(30)45(29-23-24-32-31-18-8-11-21-36(31)46-38(32)25-29)35-26-39-40(33-19-9-12-22-37(33)47-39)42-41(35)44-43(48-42)28-15-5-2-6-16-28/h1-26H. The molecule has 5 heteroatoms. The van der Waals surface area contributed by atoms with E-state index in [1.165, 1.54) is 0 Å². The zero-order valence-electron chi connectivity index (χ0n) is 25.6. The van der Waals surface area contributed by atoms with Crippen molar-refractivity contribution >= 4 is 82.5 Å². The Bertz CT molecular complexity index is 2790. The summed E-state index contributed by atoms with van der Waals surface area (Å²) in [4.78, 5) is 7.72.